The van der Waals surface area contributed by atoms with Crippen LogP contribution in [-0.2, 0) is 6.42 Å². The predicted molar refractivity (Wildman–Crippen MR) is 54.2 cm³/mol. The minimum atomic E-state index is 0.418. The summed E-state index contributed by atoms with van der Waals surface area (Å²) in [4.78, 5) is 4.26. The molecule has 0 aromatic carbocycles. The highest BCUT2D eigenvalue weighted by Gasteiger charge is 2.39. The maximum Gasteiger partial charge on any atom is 0.0940 e. The van der Waals surface area contributed by atoms with E-state index >= 15 is 0 Å². The van der Waals surface area contributed by atoms with Crippen LogP contribution in [0.1, 0.15) is 18.4 Å². The van der Waals surface area contributed by atoms with Crippen molar-refractivity contribution in [1.29, 1.82) is 0 Å². The number of hydrazine groups is 1. The smallest absolute Gasteiger partial charge is 0.0940 e. The molecule has 1 aromatic rings. The molecule has 3 N–H and O–H groups in total. The number of rotatable bonds is 4. The van der Waals surface area contributed by atoms with Crippen LogP contribution in [0.5, 0.6) is 0 Å². The molecule has 2 rings (SSSR count). The first-order chi connectivity index (χ1) is 6.31. The van der Waals surface area contributed by atoms with Crippen LogP contribution in [-0.4, -0.2) is 11.0 Å². The van der Waals surface area contributed by atoms with Crippen molar-refractivity contribution in [2.24, 2.45) is 17.7 Å². The van der Waals surface area contributed by atoms with Gasteiger partial charge in [-0.2, -0.15) is 0 Å². The number of nitrogens with two attached hydrogens (primary N) is 1. The summed E-state index contributed by atoms with van der Waals surface area (Å²) in [5, 5.41) is 3.20. The van der Waals surface area contributed by atoms with E-state index in [0.29, 0.717) is 6.04 Å². The second-order valence-corrected chi connectivity index (χ2v) is 4.76. The molecule has 0 aliphatic heterocycles. The average molecular weight is 197 g/mol. The third-order valence-electron chi connectivity index (χ3n) is 2.78. The fourth-order valence-corrected chi connectivity index (χ4v) is 2.46. The second kappa shape index (κ2) is 3.74. The Labute approximate surface area is 82.3 Å². The lowest BCUT2D eigenvalue weighted by Crippen LogP contribution is -2.38. The molecule has 0 amide bonds. The van der Waals surface area contributed by atoms with Crippen molar-refractivity contribution in [3.05, 3.63) is 16.6 Å². The zero-order valence-electron chi connectivity index (χ0n) is 7.73. The van der Waals surface area contributed by atoms with Crippen molar-refractivity contribution >= 4 is 11.3 Å². The Morgan fingerprint density at radius 1 is 1.85 bits per heavy atom. The lowest BCUT2D eigenvalue weighted by molar-refractivity contribution is 0.453. The number of aromatic nitrogens is 1. The van der Waals surface area contributed by atoms with E-state index in [0.717, 1.165) is 18.3 Å². The van der Waals surface area contributed by atoms with Crippen LogP contribution in [0.15, 0.2) is 11.6 Å². The molecule has 0 saturated heterocycles. The summed E-state index contributed by atoms with van der Waals surface area (Å²) in [6.45, 7) is 2.27. The van der Waals surface area contributed by atoms with Crippen molar-refractivity contribution in [1.82, 2.24) is 10.4 Å². The van der Waals surface area contributed by atoms with Crippen LogP contribution in [0.25, 0.3) is 0 Å². The Morgan fingerprint density at radius 3 is 3.08 bits per heavy atom. The maximum absolute atomic E-state index is 5.52. The van der Waals surface area contributed by atoms with Gasteiger partial charge in [-0.25, -0.2) is 4.98 Å². The fourth-order valence-electron chi connectivity index (χ4n) is 1.79. The summed E-state index contributed by atoms with van der Waals surface area (Å²) in [6.07, 6.45) is 4.13. The molecular weight excluding hydrogens is 182 g/mol. The van der Waals surface area contributed by atoms with Crippen molar-refractivity contribution in [2.45, 2.75) is 25.8 Å². The van der Waals surface area contributed by atoms with Gasteiger partial charge in [0.25, 0.3) is 0 Å². The average Bonchev–Trinajstić information content (AvgIpc) is 2.68. The molecule has 1 aliphatic carbocycles. The van der Waals surface area contributed by atoms with Crippen molar-refractivity contribution in [3.8, 4) is 0 Å². The van der Waals surface area contributed by atoms with E-state index in [4.69, 9.17) is 5.84 Å². The van der Waals surface area contributed by atoms with E-state index in [1.807, 2.05) is 11.6 Å². The van der Waals surface area contributed by atoms with Gasteiger partial charge in [0, 0.05) is 24.0 Å². The molecule has 1 aliphatic rings. The molecule has 13 heavy (non-hydrogen) atoms. The van der Waals surface area contributed by atoms with E-state index in [1.165, 1.54) is 11.4 Å². The van der Waals surface area contributed by atoms with Crippen molar-refractivity contribution in [2.75, 3.05) is 0 Å². The van der Waals surface area contributed by atoms with Gasteiger partial charge in [0.2, 0.25) is 0 Å². The van der Waals surface area contributed by atoms with Gasteiger partial charge in [0.1, 0.15) is 0 Å². The summed E-state index contributed by atoms with van der Waals surface area (Å²) in [5.41, 5.74) is 2.90. The number of hydrogen-bond acceptors (Lipinski definition) is 4. The zero-order valence-corrected chi connectivity index (χ0v) is 8.55. The Hall–Kier alpha value is -0.450. The standard InChI is InChI=1S/C9H15N3S/c1-6-4-7(6)8(12-10)5-9-11-2-3-13-9/h2-3,6-8,12H,4-5,10H2,1H3. The van der Waals surface area contributed by atoms with Crippen LogP contribution in [0, 0.1) is 11.8 Å². The fraction of sp³-hybridized carbons (Fsp3) is 0.667. The molecule has 1 saturated carbocycles. The first-order valence-electron chi connectivity index (χ1n) is 4.65. The number of hydrogen-bond donors (Lipinski definition) is 2. The molecule has 3 nitrogen and oxygen atoms in total. The predicted octanol–water partition coefficient (Wildman–Crippen LogP) is 1.17. The molecule has 0 radical (unpaired) electrons. The molecule has 1 heterocycles. The monoisotopic (exact) mass is 197 g/mol. The first kappa shape index (κ1) is 9.12. The maximum atomic E-state index is 5.52. The lowest BCUT2D eigenvalue weighted by atomic mass is 10.1. The zero-order chi connectivity index (χ0) is 9.26. The highest BCUT2D eigenvalue weighted by atomic mass is 32.1. The molecule has 4 heteroatoms. The third kappa shape index (κ3) is 2.07. The van der Waals surface area contributed by atoms with Crippen LogP contribution < -0.4 is 11.3 Å². The highest BCUT2D eigenvalue weighted by Crippen LogP contribution is 2.41. The van der Waals surface area contributed by atoms with Crippen LogP contribution in [0.3, 0.4) is 0 Å². The van der Waals surface area contributed by atoms with E-state index in [-0.39, 0.29) is 0 Å². The SMILES string of the molecule is CC1CC1C(Cc1nccs1)NN. The Balaban J connectivity index is 1.91. The van der Waals surface area contributed by atoms with Crippen molar-refractivity contribution in [3.63, 3.8) is 0 Å². The van der Waals surface area contributed by atoms with Crippen molar-refractivity contribution < 1.29 is 0 Å². The van der Waals surface area contributed by atoms with Gasteiger partial charge in [-0.05, 0) is 18.3 Å². The molecule has 0 bridgehead atoms. The number of nitrogens with zero attached hydrogens (tertiary/aromatic N) is 1. The van der Waals surface area contributed by atoms with E-state index in [2.05, 4.69) is 17.3 Å². The number of thiazole rings is 1. The van der Waals surface area contributed by atoms with Gasteiger partial charge in [-0.3, -0.25) is 11.3 Å². The minimum Gasteiger partial charge on any atom is -0.271 e. The second-order valence-electron chi connectivity index (χ2n) is 3.78. The molecule has 72 valence electrons. The first-order valence-corrected chi connectivity index (χ1v) is 5.53. The van der Waals surface area contributed by atoms with Crippen LogP contribution in [0.2, 0.25) is 0 Å². The number of nitrogens with one attached hydrogen (secondary N) is 1. The third-order valence-corrected chi connectivity index (χ3v) is 3.58. The van der Waals surface area contributed by atoms with Gasteiger partial charge in [-0.1, -0.05) is 6.92 Å². The van der Waals surface area contributed by atoms with E-state index in [1.54, 1.807) is 11.3 Å². The lowest BCUT2D eigenvalue weighted by Gasteiger charge is -2.13. The largest absolute Gasteiger partial charge is 0.271 e. The van der Waals surface area contributed by atoms with Crippen LogP contribution >= 0.6 is 11.3 Å². The topological polar surface area (TPSA) is 50.9 Å². The Bertz CT molecular complexity index is 260. The van der Waals surface area contributed by atoms with Crippen LogP contribution in [0.4, 0.5) is 0 Å². The summed E-state index contributed by atoms with van der Waals surface area (Å²) >= 11 is 1.71. The Morgan fingerprint density at radius 2 is 2.62 bits per heavy atom. The molecule has 1 fully saturated rings. The summed E-state index contributed by atoms with van der Waals surface area (Å²) in [5.74, 6) is 7.11. The molecule has 3 atom stereocenters. The van der Waals surface area contributed by atoms with Gasteiger partial charge in [0.05, 0.1) is 5.01 Å². The van der Waals surface area contributed by atoms with E-state index in [9.17, 15) is 0 Å². The highest BCUT2D eigenvalue weighted by molar-refractivity contribution is 7.09. The van der Waals surface area contributed by atoms with Gasteiger partial charge in [0.15, 0.2) is 0 Å². The summed E-state index contributed by atoms with van der Waals surface area (Å²) in [7, 11) is 0. The van der Waals surface area contributed by atoms with Gasteiger partial charge >= 0.3 is 0 Å². The van der Waals surface area contributed by atoms with Gasteiger partial charge in [-0.15, -0.1) is 11.3 Å². The molecule has 3 unspecified atom stereocenters. The quantitative estimate of drug-likeness (QED) is 0.563. The summed E-state index contributed by atoms with van der Waals surface area (Å²) < 4.78 is 0. The molecule has 0 spiro atoms. The molecular formula is C9H15N3S. The molecule has 1 aromatic heterocycles. The minimum absolute atomic E-state index is 0.418. The Kier molecular flexibility index (Phi) is 2.62. The summed E-state index contributed by atoms with van der Waals surface area (Å²) in [6, 6.07) is 0.418. The normalized spacial score (nSPS) is 28.8. The van der Waals surface area contributed by atoms with E-state index < -0.39 is 0 Å². The van der Waals surface area contributed by atoms with Gasteiger partial charge < -0.3 is 0 Å².